The molecule has 0 spiro atoms. The highest BCUT2D eigenvalue weighted by molar-refractivity contribution is 5.96. The Kier molecular flexibility index (Phi) is 4.62. The molecule has 0 unspecified atom stereocenters. The number of amides is 1. The molecule has 0 saturated carbocycles. The minimum absolute atomic E-state index is 0.0962. The molecule has 3 heterocycles. The molecule has 27 heavy (non-hydrogen) atoms. The van der Waals surface area contributed by atoms with E-state index < -0.39 is 0 Å². The molecule has 1 aromatic carbocycles. The molecule has 0 aliphatic carbocycles. The second-order valence-corrected chi connectivity index (χ2v) is 6.78. The Morgan fingerprint density at radius 2 is 1.59 bits per heavy atom. The number of aryl methyl sites for hydroxylation is 1. The smallest absolute Gasteiger partial charge is 0.255 e. The number of carbonyl (C=O) groups is 1. The molecule has 1 aliphatic rings. The summed E-state index contributed by atoms with van der Waals surface area (Å²) in [7, 11) is 0. The molecule has 0 N–H and O–H groups in total. The fraction of sp³-hybridized carbons (Fsp3) is 0.286. The van der Waals surface area contributed by atoms with Gasteiger partial charge < -0.3 is 14.4 Å². The lowest BCUT2D eigenvalue weighted by Crippen LogP contribution is -2.49. The van der Waals surface area contributed by atoms with Crippen molar-refractivity contribution in [2.24, 2.45) is 0 Å². The van der Waals surface area contributed by atoms with Gasteiger partial charge in [0.1, 0.15) is 0 Å². The summed E-state index contributed by atoms with van der Waals surface area (Å²) in [6.45, 7) is 6.89. The van der Waals surface area contributed by atoms with E-state index in [1.807, 2.05) is 49.1 Å². The molecular weight excluding hydrogens is 338 g/mol. The summed E-state index contributed by atoms with van der Waals surface area (Å²) in [4.78, 5) is 25.8. The third-order valence-electron chi connectivity index (χ3n) is 5.08. The van der Waals surface area contributed by atoms with E-state index >= 15 is 0 Å². The van der Waals surface area contributed by atoms with Gasteiger partial charge in [-0.3, -0.25) is 4.79 Å². The highest BCUT2D eigenvalue weighted by Crippen LogP contribution is 2.22. The van der Waals surface area contributed by atoms with Crippen LogP contribution >= 0.6 is 0 Å². The normalized spacial score (nSPS) is 14.4. The lowest BCUT2D eigenvalue weighted by molar-refractivity contribution is 0.0745. The maximum Gasteiger partial charge on any atom is 0.255 e. The van der Waals surface area contributed by atoms with Gasteiger partial charge >= 0.3 is 0 Å². The van der Waals surface area contributed by atoms with E-state index in [4.69, 9.17) is 0 Å². The fourth-order valence-corrected chi connectivity index (χ4v) is 3.69. The second kappa shape index (κ2) is 7.23. The van der Waals surface area contributed by atoms with Crippen LogP contribution in [0.15, 0.2) is 54.9 Å². The largest absolute Gasteiger partial charge is 0.337 e. The van der Waals surface area contributed by atoms with Gasteiger partial charge in [0.15, 0.2) is 0 Å². The van der Waals surface area contributed by atoms with Gasteiger partial charge in [-0.15, -0.1) is 0 Å². The first-order valence-corrected chi connectivity index (χ1v) is 9.21. The standard InChI is InChI=1S/C21H23N5O/c1-16-15-19(17(2)26(16)18-7-4-3-5-8-18)20(27)24-11-13-25(14-12-24)21-22-9-6-10-23-21/h3-10,15H,11-14H2,1-2H3. The molecule has 0 radical (unpaired) electrons. The molecule has 3 aromatic rings. The maximum atomic E-state index is 13.1. The first kappa shape index (κ1) is 17.3. The van der Waals surface area contributed by atoms with Gasteiger partial charge in [0.2, 0.25) is 5.95 Å². The third kappa shape index (κ3) is 3.30. The molecule has 6 nitrogen and oxygen atoms in total. The molecule has 1 saturated heterocycles. The van der Waals surface area contributed by atoms with Crippen molar-refractivity contribution < 1.29 is 4.79 Å². The number of rotatable bonds is 3. The summed E-state index contributed by atoms with van der Waals surface area (Å²) in [5, 5.41) is 0. The number of carbonyl (C=O) groups excluding carboxylic acids is 1. The van der Waals surface area contributed by atoms with Crippen molar-refractivity contribution in [1.29, 1.82) is 0 Å². The second-order valence-electron chi connectivity index (χ2n) is 6.78. The van der Waals surface area contributed by atoms with Crippen LogP contribution in [0, 0.1) is 13.8 Å². The molecule has 1 aliphatic heterocycles. The zero-order valence-electron chi connectivity index (χ0n) is 15.7. The minimum atomic E-state index is 0.0962. The summed E-state index contributed by atoms with van der Waals surface area (Å²) in [6, 6.07) is 14.0. The van der Waals surface area contributed by atoms with E-state index in [0.29, 0.717) is 13.1 Å². The van der Waals surface area contributed by atoms with Crippen LogP contribution in [-0.2, 0) is 0 Å². The highest BCUT2D eigenvalue weighted by atomic mass is 16.2. The van der Waals surface area contributed by atoms with Crippen LogP contribution in [0.2, 0.25) is 0 Å². The zero-order valence-corrected chi connectivity index (χ0v) is 15.7. The van der Waals surface area contributed by atoms with Crippen molar-refractivity contribution in [2.45, 2.75) is 13.8 Å². The average molecular weight is 361 g/mol. The Labute approximate surface area is 159 Å². The predicted octanol–water partition coefficient (Wildman–Crippen LogP) is 2.85. The van der Waals surface area contributed by atoms with Crippen LogP contribution in [0.1, 0.15) is 21.7 Å². The Hall–Kier alpha value is -3.15. The van der Waals surface area contributed by atoms with Crippen molar-refractivity contribution in [1.82, 2.24) is 19.4 Å². The molecular formula is C21H23N5O. The Morgan fingerprint density at radius 3 is 2.26 bits per heavy atom. The molecule has 6 heteroatoms. The summed E-state index contributed by atoms with van der Waals surface area (Å²) < 4.78 is 2.14. The minimum Gasteiger partial charge on any atom is -0.337 e. The predicted molar refractivity (Wildman–Crippen MR) is 105 cm³/mol. The molecule has 2 aromatic heterocycles. The summed E-state index contributed by atoms with van der Waals surface area (Å²) >= 11 is 0. The van der Waals surface area contributed by atoms with Crippen molar-refractivity contribution in [3.8, 4) is 5.69 Å². The molecule has 138 valence electrons. The van der Waals surface area contributed by atoms with Gasteiger partial charge in [-0.05, 0) is 38.1 Å². The SMILES string of the molecule is Cc1cc(C(=O)N2CCN(c3ncccn3)CC2)c(C)n1-c1ccccc1. The van der Waals surface area contributed by atoms with Crippen LogP contribution in [-0.4, -0.2) is 51.5 Å². The molecule has 0 atom stereocenters. The quantitative estimate of drug-likeness (QED) is 0.720. The van der Waals surface area contributed by atoms with E-state index in [1.165, 1.54) is 0 Å². The Morgan fingerprint density at radius 1 is 0.926 bits per heavy atom. The van der Waals surface area contributed by atoms with Crippen LogP contribution in [0.4, 0.5) is 5.95 Å². The van der Waals surface area contributed by atoms with Crippen molar-refractivity contribution in [3.05, 3.63) is 71.8 Å². The van der Waals surface area contributed by atoms with Crippen LogP contribution in [0.3, 0.4) is 0 Å². The Balaban J connectivity index is 1.51. The maximum absolute atomic E-state index is 13.1. The van der Waals surface area contributed by atoms with Crippen LogP contribution in [0.25, 0.3) is 5.69 Å². The van der Waals surface area contributed by atoms with Gasteiger partial charge in [-0.25, -0.2) is 9.97 Å². The van der Waals surface area contributed by atoms with Crippen LogP contribution in [0.5, 0.6) is 0 Å². The van der Waals surface area contributed by atoms with Crippen molar-refractivity contribution in [2.75, 3.05) is 31.1 Å². The summed E-state index contributed by atoms with van der Waals surface area (Å²) in [6.07, 6.45) is 3.50. The van der Waals surface area contributed by atoms with Crippen LogP contribution < -0.4 is 4.90 Å². The monoisotopic (exact) mass is 361 g/mol. The number of hydrogen-bond acceptors (Lipinski definition) is 4. The number of aromatic nitrogens is 3. The summed E-state index contributed by atoms with van der Waals surface area (Å²) in [5.74, 6) is 0.825. The number of benzene rings is 1. The lowest BCUT2D eigenvalue weighted by atomic mass is 10.2. The summed E-state index contributed by atoms with van der Waals surface area (Å²) in [5.41, 5.74) is 3.91. The van der Waals surface area contributed by atoms with Crippen molar-refractivity contribution in [3.63, 3.8) is 0 Å². The van der Waals surface area contributed by atoms with Crippen molar-refractivity contribution >= 4 is 11.9 Å². The van der Waals surface area contributed by atoms with Gasteiger partial charge in [0.05, 0.1) is 5.56 Å². The first-order valence-electron chi connectivity index (χ1n) is 9.21. The topological polar surface area (TPSA) is 54.3 Å². The number of nitrogens with zero attached hydrogens (tertiary/aromatic N) is 5. The van der Waals surface area contributed by atoms with Gasteiger partial charge in [0, 0.05) is 55.6 Å². The zero-order chi connectivity index (χ0) is 18.8. The number of para-hydroxylation sites is 1. The van der Waals surface area contributed by atoms with E-state index in [1.54, 1.807) is 12.4 Å². The highest BCUT2D eigenvalue weighted by Gasteiger charge is 2.26. The average Bonchev–Trinajstić information content (AvgIpc) is 3.03. The number of anilines is 1. The Bertz CT molecular complexity index is 928. The van der Waals surface area contributed by atoms with E-state index in [-0.39, 0.29) is 5.91 Å². The number of hydrogen-bond donors (Lipinski definition) is 0. The van der Waals surface area contributed by atoms with E-state index in [2.05, 4.69) is 31.6 Å². The molecule has 1 fully saturated rings. The van der Waals surface area contributed by atoms with Gasteiger partial charge in [-0.1, -0.05) is 18.2 Å². The molecule has 1 amide bonds. The van der Waals surface area contributed by atoms with E-state index in [0.717, 1.165) is 41.7 Å². The molecule has 0 bridgehead atoms. The van der Waals surface area contributed by atoms with Gasteiger partial charge in [-0.2, -0.15) is 0 Å². The first-order chi connectivity index (χ1) is 13.1. The van der Waals surface area contributed by atoms with E-state index in [9.17, 15) is 4.79 Å². The molecule has 4 rings (SSSR count). The number of piperazine rings is 1. The lowest BCUT2D eigenvalue weighted by Gasteiger charge is -2.34. The fourth-order valence-electron chi connectivity index (χ4n) is 3.69. The van der Waals surface area contributed by atoms with Gasteiger partial charge in [0.25, 0.3) is 5.91 Å². The third-order valence-corrected chi connectivity index (χ3v) is 5.08.